The molecule has 4 N–H and O–H groups in total. The predicted molar refractivity (Wildman–Crippen MR) is 160 cm³/mol. The van der Waals surface area contributed by atoms with Crippen LogP contribution in [0.4, 0.5) is 8.78 Å². The minimum absolute atomic E-state index is 0.00573. The number of nitrogens with two attached hydrogens (primary N) is 1. The lowest BCUT2D eigenvalue weighted by molar-refractivity contribution is -0.145. The van der Waals surface area contributed by atoms with Crippen LogP contribution in [0.2, 0.25) is 0 Å². The van der Waals surface area contributed by atoms with E-state index in [9.17, 15) is 23.5 Å². The van der Waals surface area contributed by atoms with Gasteiger partial charge >= 0.3 is 0 Å². The molecule has 1 unspecified atom stereocenters. The van der Waals surface area contributed by atoms with E-state index in [0.29, 0.717) is 24.2 Å². The second-order valence-corrected chi connectivity index (χ2v) is 11.8. The summed E-state index contributed by atoms with van der Waals surface area (Å²) in [4.78, 5) is 28.9. The van der Waals surface area contributed by atoms with Gasteiger partial charge in [0.2, 0.25) is 11.8 Å². The van der Waals surface area contributed by atoms with Crippen molar-refractivity contribution in [1.29, 1.82) is 0 Å². The fourth-order valence-electron chi connectivity index (χ4n) is 6.80. The number of nitrogens with one attached hydrogen (secondary N) is 1. The van der Waals surface area contributed by atoms with Crippen molar-refractivity contribution in [2.75, 3.05) is 19.6 Å². The third-order valence-corrected chi connectivity index (χ3v) is 8.57. The molecular formula is C34H43F2N3O3. The van der Waals surface area contributed by atoms with Crippen molar-refractivity contribution in [2.24, 2.45) is 17.1 Å². The van der Waals surface area contributed by atoms with E-state index in [0.717, 1.165) is 31.7 Å². The summed E-state index contributed by atoms with van der Waals surface area (Å²) in [6, 6.07) is 11.5. The molecule has 0 aliphatic heterocycles. The number of halogens is 2. The number of amides is 2. The van der Waals surface area contributed by atoms with Crippen molar-refractivity contribution in [2.45, 2.75) is 71.4 Å². The van der Waals surface area contributed by atoms with E-state index in [1.54, 1.807) is 17.9 Å². The molecule has 2 aromatic rings. The normalized spacial score (nSPS) is 21.2. The Bertz CT molecular complexity index is 1330. The fraction of sp³-hybridized carbons (Fsp3) is 0.471. The first-order valence-electron chi connectivity index (χ1n) is 15.0. The summed E-state index contributed by atoms with van der Waals surface area (Å²) in [7, 11) is 0. The number of hydrogen-bond acceptors (Lipinski definition) is 4. The zero-order valence-corrected chi connectivity index (χ0v) is 24.8. The summed E-state index contributed by atoms with van der Waals surface area (Å²) in [5, 5.41) is 15.4. The van der Waals surface area contributed by atoms with E-state index in [2.05, 4.69) is 17.4 Å². The number of allylic oxidation sites excluding steroid dienone is 2. The minimum atomic E-state index is -1.36. The highest BCUT2D eigenvalue weighted by Gasteiger charge is 2.50. The Morgan fingerprint density at radius 1 is 1.12 bits per heavy atom. The van der Waals surface area contributed by atoms with Gasteiger partial charge in [-0.25, -0.2) is 8.78 Å². The lowest BCUT2D eigenvalue weighted by Crippen LogP contribution is -2.54. The molecule has 2 aromatic carbocycles. The van der Waals surface area contributed by atoms with Gasteiger partial charge in [0.05, 0.1) is 11.5 Å². The number of aliphatic hydroxyl groups excluding tert-OH is 1. The topological polar surface area (TPSA) is 95.7 Å². The summed E-state index contributed by atoms with van der Waals surface area (Å²) in [5.41, 5.74) is 8.15. The molecule has 0 saturated heterocycles. The maximum Gasteiger partial charge on any atom is 0.244 e. The Labute approximate surface area is 247 Å². The van der Waals surface area contributed by atoms with Gasteiger partial charge in [0.25, 0.3) is 0 Å². The molecule has 2 aliphatic rings. The zero-order valence-electron chi connectivity index (χ0n) is 24.8. The molecule has 4 rings (SSSR count). The highest BCUT2D eigenvalue weighted by molar-refractivity contribution is 5.96. The van der Waals surface area contributed by atoms with Gasteiger partial charge in [-0.1, -0.05) is 55.8 Å². The van der Waals surface area contributed by atoms with Crippen molar-refractivity contribution < 1.29 is 23.5 Å². The number of carbonyl (C=O) groups is 2. The number of primary amides is 1. The van der Waals surface area contributed by atoms with E-state index in [4.69, 9.17) is 5.73 Å². The fourth-order valence-corrected chi connectivity index (χ4v) is 6.80. The Morgan fingerprint density at radius 3 is 2.43 bits per heavy atom. The zero-order chi connectivity index (χ0) is 30.4. The average molecular weight is 580 g/mol. The molecular weight excluding hydrogens is 536 g/mol. The molecule has 2 aliphatic carbocycles. The van der Waals surface area contributed by atoms with Gasteiger partial charge in [0.1, 0.15) is 11.6 Å². The molecule has 6 nitrogen and oxygen atoms in total. The van der Waals surface area contributed by atoms with Gasteiger partial charge < -0.3 is 21.1 Å². The van der Waals surface area contributed by atoms with E-state index in [1.165, 1.54) is 23.3 Å². The van der Waals surface area contributed by atoms with Crippen molar-refractivity contribution >= 4 is 11.8 Å². The van der Waals surface area contributed by atoms with Gasteiger partial charge in [-0.05, 0) is 74.3 Å². The van der Waals surface area contributed by atoms with E-state index in [1.807, 2.05) is 32.1 Å². The molecule has 8 heteroatoms. The van der Waals surface area contributed by atoms with Crippen LogP contribution in [0.3, 0.4) is 0 Å². The standard InChI is InChI=1S/C34H43F2N3O3/c1-4-12-39(13-5-2)33(42)34(19-22(3)14-25(20-34)32(37)41)29(17-23-15-26(35)18-27(36)16-23)31(40)21-38-30-11-10-24-8-6-7-9-28(24)30/h6-9,14-16,18-19,29-31,38,40H,4-5,10-13,17,20-21H2,1-3H3,(H2,37,41)/t29-,30-,31+,34?/m1/s1. The van der Waals surface area contributed by atoms with Gasteiger partial charge in [-0.3, -0.25) is 9.59 Å². The molecule has 0 heterocycles. The number of aryl methyl sites for hydroxylation is 1. The number of benzene rings is 2. The second kappa shape index (κ2) is 13.7. The average Bonchev–Trinajstić information content (AvgIpc) is 3.36. The number of carbonyl (C=O) groups excluding carboxylic acids is 2. The summed E-state index contributed by atoms with van der Waals surface area (Å²) in [6.07, 6.45) is 5.70. The van der Waals surface area contributed by atoms with Crippen LogP contribution in [0.15, 0.2) is 65.8 Å². The summed E-state index contributed by atoms with van der Waals surface area (Å²) >= 11 is 0. The van der Waals surface area contributed by atoms with Crippen LogP contribution in [0.1, 0.15) is 69.2 Å². The molecule has 226 valence electrons. The minimum Gasteiger partial charge on any atom is -0.391 e. The quantitative estimate of drug-likeness (QED) is 0.306. The highest BCUT2D eigenvalue weighted by atomic mass is 19.1. The largest absolute Gasteiger partial charge is 0.391 e. The van der Waals surface area contributed by atoms with Crippen LogP contribution in [-0.4, -0.2) is 47.6 Å². The SMILES string of the molecule is CCCN(CCC)C(=O)C1([C@H](Cc2cc(F)cc(F)c2)[C@@H](O)CN[C@@H]2CCc3ccccc32)C=C(C)C=C(C(N)=O)C1. The second-order valence-electron chi connectivity index (χ2n) is 11.8. The Balaban J connectivity index is 1.78. The van der Waals surface area contributed by atoms with Crippen molar-refractivity contribution in [3.63, 3.8) is 0 Å². The maximum atomic E-state index is 14.6. The molecule has 0 spiro atoms. The first kappa shape index (κ1) is 31.6. The van der Waals surface area contributed by atoms with Crippen molar-refractivity contribution in [1.82, 2.24) is 10.2 Å². The summed E-state index contributed by atoms with van der Waals surface area (Å²) in [5.74, 6) is -3.13. The Morgan fingerprint density at radius 2 is 1.79 bits per heavy atom. The Hall–Kier alpha value is -3.36. The molecule has 2 amide bonds. The van der Waals surface area contributed by atoms with Crippen molar-refractivity contribution in [3.8, 4) is 0 Å². The molecule has 0 bridgehead atoms. The van der Waals surface area contributed by atoms with Crippen LogP contribution in [0.5, 0.6) is 0 Å². The molecule has 0 aromatic heterocycles. The number of rotatable bonds is 13. The first-order valence-corrected chi connectivity index (χ1v) is 15.0. The molecule has 0 saturated carbocycles. The van der Waals surface area contributed by atoms with Gasteiger partial charge in [-0.2, -0.15) is 0 Å². The number of aliphatic hydroxyl groups is 1. The maximum absolute atomic E-state index is 14.6. The first-order chi connectivity index (χ1) is 20.1. The van der Waals surface area contributed by atoms with E-state index >= 15 is 0 Å². The number of hydrogen-bond donors (Lipinski definition) is 3. The lowest BCUT2D eigenvalue weighted by Gasteiger charge is -2.45. The van der Waals surface area contributed by atoms with Crippen LogP contribution >= 0.6 is 0 Å². The molecule has 4 atom stereocenters. The van der Waals surface area contributed by atoms with Crippen LogP contribution in [0.25, 0.3) is 0 Å². The third-order valence-electron chi connectivity index (χ3n) is 8.57. The monoisotopic (exact) mass is 579 g/mol. The Kier molecular flexibility index (Phi) is 10.3. The third kappa shape index (κ3) is 6.98. The highest BCUT2D eigenvalue weighted by Crippen LogP contribution is 2.46. The van der Waals surface area contributed by atoms with Crippen LogP contribution in [-0.2, 0) is 22.4 Å². The van der Waals surface area contributed by atoms with Gasteiger partial charge in [-0.15, -0.1) is 0 Å². The summed E-state index contributed by atoms with van der Waals surface area (Å²) < 4.78 is 28.7. The number of nitrogens with zero attached hydrogens (tertiary/aromatic N) is 1. The predicted octanol–water partition coefficient (Wildman–Crippen LogP) is 5.16. The van der Waals surface area contributed by atoms with Gasteiger partial charge in [0.15, 0.2) is 0 Å². The van der Waals surface area contributed by atoms with Gasteiger partial charge in [0, 0.05) is 43.2 Å². The number of fused-ring (bicyclic) bond motifs is 1. The van der Waals surface area contributed by atoms with Crippen LogP contribution in [0, 0.1) is 23.0 Å². The van der Waals surface area contributed by atoms with Crippen LogP contribution < -0.4 is 11.1 Å². The van der Waals surface area contributed by atoms with Crippen molar-refractivity contribution in [3.05, 3.63) is 94.1 Å². The smallest absolute Gasteiger partial charge is 0.244 e. The summed E-state index contributed by atoms with van der Waals surface area (Å²) in [6.45, 7) is 6.94. The molecule has 0 radical (unpaired) electrons. The van der Waals surface area contributed by atoms with E-state index in [-0.39, 0.29) is 36.9 Å². The molecule has 0 fully saturated rings. The lowest BCUT2D eigenvalue weighted by atomic mass is 9.63. The molecule has 42 heavy (non-hydrogen) atoms. The van der Waals surface area contributed by atoms with E-state index < -0.39 is 35.0 Å².